The largest absolute Gasteiger partial charge is 0.399 e. The summed E-state index contributed by atoms with van der Waals surface area (Å²) in [6, 6.07) is 4.89. The molecule has 0 bridgehead atoms. The van der Waals surface area contributed by atoms with Crippen LogP contribution in [-0.4, -0.2) is 14.5 Å². The van der Waals surface area contributed by atoms with Crippen molar-refractivity contribution in [2.75, 3.05) is 5.73 Å². The molecule has 1 aliphatic rings. The Kier molecular flexibility index (Phi) is 2.71. The van der Waals surface area contributed by atoms with E-state index in [0.717, 1.165) is 6.42 Å². The van der Waals surface area contributed by atoms with Crippen molar-refractivity contribution >= 4 is 15.7 Å². The number of nitrogens with one attached hydrogen (secondary N) is 1. The van der Waals surface area contributed by atoms with E-state index in [9.17, 15) is 8.42 Å². The molecule has 1 fully saturated rings. The minimum absolute atomic E-state index is 0.0458. The minimum Gasteiger partial charge on any atom is -0.399 e. The van der Waals surface area contributed by atoms with Gasteiger partial charge in [-0.25, -0.2) is 13.1 Å². The number of hydrogen-bond donors (Lipinski definition) is 2. The average Bonchev–Trinajstić information content (AvgIpc) is 2.70. The second-order valence-corrected chi connectivity index (χ2v) is 7.07. The quantitative estimate of drug-likeness (QED) is 0.806. The minimum atomic E-state index is -3.42. The summed E-state index contributed by atoms with van der Waals surface area (Å²) >= 11 is 0. The van der Waals surface area contributed by atoms with Gasteiger partial charge in [0.2, 0.25) is 10.0 Å². The van der Waals surface area contributed by atoms with Gasteiger partial charge in [0.15, 0.2) is 0 Å². The molecule has 5 heteroatoms. The van der Waals surface area contributed by atoms with Crippen LogP contribution >= 0.6 is 0 Å². The molecule has 94 valence electrons. The van der Waals surface area contributed by atoms with Crippen LogP contribution in [0.5, 0.6) is 0 Å². The maximum atomic E-state index is 12.2. The van der Waals surface area contributed by atoms with Gasteiger partial charge in [-0.1, -0.05) is 13.8 Å². The second kappa shape index (κ2) is 3.71. The Morgan fingerprint density at radius 1 is 1.41 bits per heavy atom. The van der Waals surface area contributed by atoms with E-state index in [4.69, 9.17) is 5.73 Å². The molecule has 1 aromatic carbocycles. The van der Waals surface area contributed by atoms with Gasteiger partial charge in [0.05, 0.1) is 4.90 Å². The van der Waals surface area contributed by atoms with Gasteiger partial charge in [-0.3, -0.25) is 0 Å². The molecule has 0 radical (unpaired) electrons. The highest BCUT2D eigenvalue weighted by atomic mass is 32.2. The van der Waals surface area contributed by atoms with E-state index in [2.05, 4.69) is 18.6 Å². The Labute approximate surface area is 102 Å². The van der Waals surface area contributed by atoms with Gasteiger partial charge in [-0.05, 0) is 42.5 Å². The van der Waals surface area contributed by atoms with E-state index in [0.29, 0.717) is 16.1 Å². The fraction of sp³-hybridized carbons (Fsp3) is 0.500. The Bertz CT molecular complexity index is 550. The highest BCUT2D eigenvalue weighted by Crippen LogP contribution is 2.45. The van der Waals surface area contributed by atoms with Gasteiger partial charge < -0.3 is 5.73 Å². The van der Waals surface area contributed by atoms with Crippen LogP contribution in [0.4, 0.5) is 5.69 Å². The van der Waals surface area contributed by atoms with Crippen LogP contribution in [0.2, 0.25) is 0 Å². The van der Waals surface area contributed by atoms with Crippen molar-refractivity contribution in [3.05, 3.63) is 23.8 Å². The summed E-state index contributed by atoms with van der Waals surface area (Å²) in [7, 11) is -3.42. The van der Waals surface area contributed by atoms with Crippen molar-refractivity contribution in [3.63, 3.8) is 0 Å². The average molecular weight is 254 g/mol. The predicted octanol–water partition coefficient (Wildman–Crippen LogP) is 1.65. The van der Waals surface area contributed by atoms with Crippen molar-refractivity contribution in [3.8, 4) is 0 Å². The molecule has 0 saturated heterocycles. The second-order valence-electron chi connectivity index (χ2n) is 5.39. The first-order chi connectivity index (χ1) is 7.72. The van der Waals surface area contributed by atoms with E-state index in [-0.39, 0.29) is 11.5 Å². The number of nitrogens with two attached hydrogens (primary N) is 1. The maximum Gasteiger partial charge on any atom is 0.241 e. The number of anilines is 1. The van der Waals surface area contributed by atoms with Crippen LogP contribution < -0.4 is 10.5 Å². The third-order valence-electron chi connectivity index (χ3n) is 3.30. The molecule has 1 aliphatic carbocycles. The van der Waals surface area contributed by atoms with Crippen LogP contribution in [0, 0.1) is 12.3 Å². The molecule has 1 aromatic rings. The lowest BCUT2D eigenvalue weighted by Crippen LogP contribution is -2.29. The number of nitrogen functional groups attached to an aromatic ring is 1. The summed E-state index contributed by atoms with van der Waals surface area (Å²) in [5.41, 5.74) is 6.94. The van der Waals surface area contributed by atoms with Gasteiger partial charge in [0.25, 0.3) is 0 Å². The van der Waals surface area contributed by atoms with Crippen molar-refractivity contribution in [1.82, 2.24) is 4.72 Å². The number of rotatable bonds is 3. The van der Waals surface area contributed by atoms with Crippen LogP contribution in [0.3, 0.4) is 0 Å². The van der Waals surface area contributed by atoms with Gasteiger partial charge in [-0.2, -0.15) is 0 Å². The molecule has 1 atom stereocenters. The first-order valence-corrected chi connectivity index (χ1v) is 7.09. The van der Waals surface area contributed by atoms with Crippen LogP contribution in [-0.2, 0) is 10.0 Å². The molecule has 0 aliphatic heterocycles. The van der Waals surface area contributed by atoms with Crippen molar-refractivity contribution in [2.45, 2.75) is 38.1 Å². The molecule has 0 aromatic heterocycles. The summed E-state index contributed by atoms with van der Waals surface area (Å²) in [6.45, 7) is 5.86. The first kappa shape index (κ1) is 12.4. The molecule has 4 nitrogen and oxygen atoms in total. The van der Waals surface area contributed by atoms with Crippen LogP contribution in [0.25, 0.3) is 0 Å². The van der Waals surface area contributed by atoms with E-state index < -0.39 is 10.0 Å². The molecule has 0 amide bonds. The Morgan fingerprint density at radius 2 is 2.00 bits per heavy atom. The molecule has 2 rings (SSSR count). The number of benzene rings is 1. The first-order valence-electron chi connectivity index (χ1n) is 5.61. The smallest absolute Gasteiger partial charge is 0.241 e. The summed E-state index contributed by atoms with van der Waals surface area (Å²) in [5.74, 6) is 0. The van der Waals surface area contributed by atoms with E-state index in [1.807, 2.05) is 0 Å². The maximum absolute atomic E-state index is 12.2. The van der Waals surface area contributed by atoms with Crippen molar-refractivity contribution < 1.29 is 8.42 Å². The third kappa shape index (κ3) is 2.45. The van der Waals surface area contributed by atoms with Gasteiger partial charge in [0.1, 0.15) is 0 Å². The number of hydrogen-bond acceptors (Lipinski definition) is 3. The topological polar surface area (TPSA) is 72.2 Å². The zero-order valence-electron chi connectivity index (χ0n) is 10.3. The molecular weight excluding hydrogens is 236 g/mol. The predicted molar refractivity (Wildman–Crippen MR) is 68.1 cm³/mol. The molecular formula is C12H18N2O2S. The summed E-state index contributed by atoms with van der Waals surface area (Å²) in [5, 5.41) is 0. The fourth-order valence-electron chi connectivity index (χ4n) is 1.89. The third-order valence-corrected chi connectivity index (χ3v) is 4.93. The summed E-state index contributed by atoms with van der Waals surface area (Å²) in [4.78, 5) is 0.314. The van der Waals surface area contributed by atoms with Crippen molar-refractivity contribution in [1.29, 1.82) is 0 Å². The Hall–Kier alpha value is -1.07. The van der Waals surface area contributed by atoms with E-state index >= 15 is 0 Å². The molecule has 1 saturated carbocycles. The Morgan fingerprint density at radius 3 is 2.47 bits per heavy atom. The lowest BCUT2D eigenvalue weighted by Gasteiger charge is -2.10. The van der Waals surface area contributed by atoms with Crippen LogP contribution in [0.15, 0.2) is 23.1 Å². The Balaban J connectivity index is 2.26. The molecule has 0 heterocycles. The zero-order valence-corrected chi connectivity index (χ0v) is 11.1. The van der Waals surface area contributed by atoms with E-state index in [1.54, 1.807) is 25.1 Å². The molecule has 3 N–H and O–H groups in total. The van der Waals surface area contributed by atoms with Gasteiger partial charge in [0, 0.05) is 11.7 Å². The van der Waals surface area contributed by atoms with Crippen LogP contribution in [0.1, 0.15) is 25.8 Å². The SMILES string of the molecule is Cc1cc(N)ccc1S(=O)(=O)NC1CC1(C)C. The fourth-order valence-corrected chi connectivity index (χ4v) is 3.53. The molecule has 1 unspecified atom stereocenters. The standard InChI is InChI=1S/C12H18N2O2S/c1-8-6-9(13)4-5-10(8)17(15,16)14-11-7-12(11,2)3/h4-6,11,14H,7,13H2,1-3H3. The summed E-state index contributed by atoms with van der Waals surface area (Å²) < 4.78 is 27.0. The lowest BCUT2D eigenvalue weighted by atomic mass is 10.2. The zero-order chi connectivity index (χ0) is 12.8. The molecule has 17 heavy (non-hydrogen) atoms. The number of aryl methyl sites for hydroxylation is 1. The van der Waals surface area contributed by atoms with Gasteiger partial charge in [-0.15, -0.1) is 0 Å². The number of sulfonamides is 1. The molecule has 0 spiro atoms. The van der Waals surface area contributed by atoms with Crippen molar-refractivity contribution in [2.24, 2.45) is 5.41 Å². The highest BCUT2D eigenvalue weighted by molar-refractivity contribution is 7.89. The van der Waals surface area contributed by atoms with E-state index in [1.165, 1.54) is 0 Å². The summed E-state index contributed by atoms with van der Waals surface area (Å²) in [6.07, 6.45) is 0.889. The highest BCUT2D eigenvalue weighted by Gasteiger charge is 2.47. The monoisotopic (exact) mass is 254 g/mol. The van der Waals surface area contributed by atoms with Gasteiger partial charge >= 0.3 is 0 Å². The lowest BCUT2D eigenvalue weighted by molar-refractivity contribution is 0.554. The normalized spacial score (nSPS) is 22.4.